The van der Waals surface area contributed by atoms with Crippen LogP contribution in [0.4, 0.5) is 39.5 Å². The Morgan fingerprint density at radius 2 is 1.26 bits per heavy atom. The van der Waals surface area contributed by atoms with Gasteiger partial charge in [-0.3, -0.25) is 4.79 Å². The first-order valence-corrected chi connectivity index (χ1v) is 6.31. The Hall–Kier alpha value is -1.16. The molecule has 0 aromatic heterocycles. The summed E-state index contributed by atoms with van der Waals surface area (Å²) in [6.45, 7) is 2.69. The third-order valence-electron chi connectivity index (χ3n) is 3.37. The van der Waals surface area contributed by atoms with E-state index in [2.05, 4.69) is 4.74 Å². The van der Waals surface area contributed by atoms with Crippen LogP contribution in [0.15, 0.2) is 0 Å². The monoisotopic (exact) mass is 362 g/mol. The number of alkyl halides is 9. The van der Waals surface area contributed by atoms with Crippen molar-refractivity contribution in [2.45, 2.75) is 57.6 Å². The number of ether oxygens (including phenoxy) is 1. The minimum absolute atomic E-state index is 0.181. The smallest absolute Gasteiger partial charge is 0.437 e. The maximum absolute atomic E-state index is 13.3. The molecule has 0 aliphatic heterocycles. The van der Waals surface area contributed by atoms with Gasteiger partial charge in [0.2, 0.25) is 0 Å². The number of hydrogen-bond acceptors (Lipinski definition) is 2. The molecule has 0 unspecified atom stereocenters. The van der Waals surface area contributed by atoms with E-state index in [0.717, 1.165) is 0 Å². The van der Waals surface area contributed by atoms with Crippen LogP contribution >= 0.6 is 0 Å². The first-order chi connectivity index (χ1) is 9.94. The summed E-state index contributed by atoms with van der Waals surface area (Å²) in [7, 11) is 0. The van der Waals surface area contributed by atoms with Crippen LogP contribution in [0.5, 0.6) is 0 Å². The molecular formula is C12H15F9O2. The summed E-state index contributed by atoms with van der Waals surface area (Å²) in [5.74, 6) is -6.96. The molecule has 0 aromatic carbocycles. The Balaban J connectivity index is 5.22. The molecule has 0 amide bonds. The molecule has 0 atom stereocenters. The highest BCUT2D eigenvalue weighted by molar-refractivity contribution is 5.75. The standard InChI is InChI=1S/C12H15F9O2/c1-4-8(2,3)7(22)23-6-5-9(13,14)10(15,11(16,17)18)12(19,20)21/h4-6H2,1-3H3. The van der Waals surface area contributed by atoms with Crippen LogP contribution in [-0.2, 0) is 9.53 Å². The zero-order valence-electron chi connectivity index (χ0n) is 12.3. The van der Waals surface area contributed by atoms with E-state index in [0.29, 0.717) is 0 Å². The summed E-state index contributed by atoms with van der Waals surface area (Å²) < 4.78 is 118. The van der Waals surface area contributed by atoms with Gasteiger partial charge in [-0.05, 0) is 20.3 Å². The van der Waals surface area contributed by atoms with Gasteiger partial charge >= 0.3 is 29.9 Å². The molecule has 138 valence electrons. The predicted molar refractivity (Wildman–Crippen MR) is 60.5 cm³/mol. The van der Waals surface area contributed by atoms with Crippen LogP contribution in [0, 0.1) is 5.41 Å². The maximum Gasteiger partial charge on any atom is 0.437 e. The molecule has 2 nitrogen and oxygen atoms in total. The first-order valence-electron chi connectivity index (χ1n) is 6.31. The number of hydrogen-bond donors (Lipinski definition) is 0. The molecule has 0 rings (SSSR count). The molecule has 0 N–H and O–H groups in total. The number of esters is 1. The number of halogens is 9. The van der Waals surface area contributed by atoms with Crippen molar-refractivity contribution in [3.8, 4) is 0 Å². The lowest BCUT2D eigenvalue weighted by Gasteiger charge is -2.36. The second-order valence-corrected chi connectivity index (χ2v) is 5.48. The third-order valence-corrected chi connectivity index (χ3v) is 3.37. The molecule has 0 aliphatic rings. The van der Waals surface area contributed by atoms with E-state index >= 15 is 0 Å². The van der Waals surface area contributed by atoms with Crippen LogP contribution in [0.2, 0.25) is 0 Å². The molecule has 0 bridgehead atoms. The van der Waals surface area contributed by atoms with Crippen molar-refractivity contribution in [2.75, 3.05) is 6.61 Å². The summed E-state index contributed by atoms with van der Waals surface area (Å²) in [5, 5.41) is 0. The van der Waals surface area contributed by atoms with Crippen molar-refractivity contribution in [1.82, 2.24) is 0 Å². The lowest BCUT2D eigenvalue weighted by atomic mass is 9.90. The largest absolute Gasteiger partial charge is 0.465 e. The van der Waals surface area contributed by atoms with Crippen molar-refractivity contribution in [3.05, 3.63) is 0 Å². The Morgan fingerprint density at radius 3 is 1.57 bits per heavy atom. The van der Waals surface area contributed by atoms with E-state index in [1.54, 1.807) is 0 Å². The SMILES string of the molecule is CCC(C)(C)C(=O)OCCC(F)(F)C(F)(C(F)(F)F)C(F)(F)F. The van der Waals surface area contributed by atoms with Gasteiger partial charge in [-0.15, -0.1) is 0 Å². The van der Waals surface area contributed by atoms with E-state index in [1.807, 2.05) is 0 Å². The van der Waals surface area contributed by atoms with Crippen molar-refractivity contribution < 1.29 is 49.0 Å². The van der Waals surface area contributed by atoms with Gasteiger partial charge in [-0.25, -0.2) is 13.2 Å². The minimum atomic E-state index is -6.89. The number of carbonyl (C=O) groups is 1. The zero-order valence-corrected chi connectivity index (χ0v) is 12.3. The lowest BCUT2D eigenvalue weighted by Crippen LogP contribution is -2.64. The summed E-state index contributed by atoms with van der Waals surface area (Å²) >= 11 is 0. The molecule has 0 heterocycles. The van der Waals surface area contributed by atoms with Gasteiger partial charge in [0.25, 0.3) is 0 Å². The summed E-state index contributed by atoms with van der Waals surface area (Å²) in [6, 6.07) is 0. The highest BCUT2D eigenvalue weighted by Crippen LogP contribution is 2.55. The molecule has 0 saturated carbocycles. The molecule has 0 radical (unpaired) electrons. The van der Waals surface area contributed by atoms with Gasteiger partial charge in [0, 0.05) is 6.42 Å². The maximum atomic E-state index is 13.3. The van der Waals surface area contributed by atoms with Crippen molar-refractivity contribution >= 4 is 5.97 Å². The average Bonchev–Trinajstić information content (AvgIpc) is 2.34. The zero-order chi connectivity index (χ0) is 18.9. The van der Waals surface area contributed by atoms with Gasteiger partial charge in [0.05, 0.1) is 12.0 Å². The molecular weight excluding hydrogens is 347 g/mol. The Labute approximate surface area is 126 Å². The molecule has 0 aliphatic carbocycles. The summed E-state index contributed by atoms with van der Waals surface area (Å²) in [6.07, 6.45) is -15.9. The van der Waals surface area contributed by atoms with Gasteiger partial charge in [0.1, 0.15) is 0 Å². The van der Waals surface area contributed by atoms with Crippen LogP contribution in [0.3, 0.4) is 0 Å². The van der Waals surface area contributed by atoms with E-state index < -0.39 is 48.4 Å². The van der Waals surface area contributed by atoms with Gasteiger partial charge in [-0.1, -0.05) is 6.92 Å². The predicted octanol–water partition coefficient (Wildman–Crippen LogP) is 4.82. The molecule has 0 fully saturated rings. The van der Waals surface area contributed by atoms with Crippen molar-refractivity contribution in [2.24, 2.45) is 5.41 Å². The van der Waals surface area contributed by atoms with Crippen molar-refractivity contribution in [1.29, 1.82) is 0 Å². The number of rotatable bonds is 6. The van der Waals surface area contributed by atoms with Crippen LogP contribution < -0.4 is 0 Å². The Bertz CT molecular complexity index is 409. The van der Waals surface area contributed by atoms with E-state index in [9.17, 15) is 44.3 Å². The van der Waals surface area contributed by atoms with E-state index in [1.165, 1.54) is 20.8 Å². The number of carbonyl (C=O) groups excluding carboxylic acids is 1. The molecule has 0 spiro atoms. The van der Waals surface area contributed by atoms with Crippen molar-refractivity contribution in [3.63, 3.8) is 0 Å². The average molecular weight is 362 g/mol. The van der Waals surface area contributed by atoms with E-state index in [-0.39, 0.29) is 6.42 Å². The fourth-order valence-electron chi connectivity index (χ4n) is 1.36. The molecule has 11 heteroatoms. The summed E-state index contributed by atoms with van der Waals surface area (Å²) in [5.41, 5.74) is -7.91. The van der Waals surface area contributed by atoms with E-state index in [4.69, 9.17) is 0 Å². The van der Waals surface area contributed by atoms with Crippen LogP contribution in [-0.4, -0.2) is 36.5 Å². The normalized spacial score (nSPS) is 14.8. The minimum Gasteiger partial charge on any atom is -0.465 e. The Morgan fingerprint density at radius 1 is 0.870 bits per heavy atom. The second kappa shape index (κ2) is 6.39. The van der Waals surface area contributed by atoms with Gasteiger partial charge in [-0.2, -0.15) is 26.3 Å². The lowest BCUT2D eigenvalue weighted by molar-refractivity contribution is -0.397. The molecule has 0 saturated heterocycles. The first kappa shape index (κ1) is 21.8. The quantitative estimate of drug-likeness (QED) is 0.500. The topological polar surface area (TPSA) is 26.3 Å². The van der Waals surface area contributed by atoms with Gasteiger partial charge in [0.15, 0.2) is 0 Å². The Kier molecular flexibility index (Phi) is 6.06. The molecule has 23 heavy (non-hydrogen) atoms. The van der Waals surface area contributed by atoms with Crippen LogP contribution in [0.1, 0.15) is 33.6 Å². The fraction of sp³-hybridized carbons (Fsp3) is 0.917. The third kappa shape index (κ3) is 4.23. The highest BCUT2D eigenvalue weighted by atomic mass is 19.4. The van der Waals surface area contributed by atoms with Gasteiger partial charge < -0.3 is 4.74 Å². The highest BCUT2D eigenvalue weighted by Gasteiger charge is 2.83. The summed E-state index contributed by atoms with van der Waals surface area (Å²) in [4.78, 5) is 11.4. The fourth-order valence-corrected chi connectivity index (χ4v) is 1.36. The molecule has 0 aromatic rings. The van der Waals surface area contributed by atoms with Crippen LogP contribution in [0.25, 0.3) is 0 Å². The second-order valence-electron chi connectivity index (χ2n) is 5.48.